The van der Waals surface area contributed by atoms with E-state index in [0.717, 1.165) is 26.0 Å². The minimum atomic E-state index is -4.88. The fourth-order valence-electron chi connectivity index (χ4n) is 1.56. The van der Waals surface area contributed by atoms with Crippen LogP contribution in [0.2, 0.25) is 0 Å². The van der Waals surface area contributed by atoms with E-state index in [0.29, 0.717) is 6.07 Å². The second-order valence-electron chi connectivity index (χ2n) is 4.10. The van der Waals surface area contributed by atoms with Crippen LogP contribution in [0.25, 0.3) is 6.08 Å². The Hall–Kier alpha value is -2.31. The highest BCUT2D eigenvalue weighted by molar-refractivity contribution is 6.21. The molecule has 2 N–H and O–H groups in total. The van der Waals surface area contributed by atoms with Crippen molar-refractivity contribution in [3.63, 3.8) is 0 Å². The molecule has 0 atom stereocenters. The lowest BCUT2D eigenvalue weighted by Crippen LogP contribution is -2.07. The summed E-state index contributed by atoms with van der Waals surface area (Å²) < 4.78 is 37.9. The van der Waals surface area contributed by atoms with Crippen molar-refractivity contribution in [2.75, 3.05) is 0 Å². The number of alkyl halides is 3. The van der Waals surface area contributed by atoms with Crippen molar-refractivity contribution in [1.29, 1.82) is 0 Å². The van der Waals surface area contributed by atoms with E-state index in [1.807, 2.05) is 0 Å². The number of aromatic hydroxyl groups is 2. The zero-order chi connectivity index (χ0) is 15.7. The SMILES string of the molecule is CC(=O)C(=Cc1cc(O)c(O)c(C(F)(F)F)c1)C(C)=O. The van der Waals surface area contributed by atoms with Gasteiger partial charge in [0.05, 0.1) is 5.57 Å². The highest BCUT2D eigenvalue weighted by Crippen LogP contribution is 2.41. The van der Waals surface area contributed by atoms with E-state index < -0.39 is 34.8 Å². The third-order valence-electron chi connectivity index (χ3n) is 2.49. The molecule has 1 aromatic carbocycles. The summed E-state index contributed by atoms with van der Waals surface area (Å²) in [6.45, 7) is 2.19. The first-order valence-electron chi connectivity index (χ1n) is 5.40. The van der Waals surface area contributed by atoms with E-state index >= 15 is 0 Å². The number of phenolic OH excluding ortho intramolecular Hbond substituents is 2. The molecule has 0 fully saturated rings. The number of hydrogen-bond donors (Lipinski definition) is 2. The van der Waals surface area contributed by atoms with Crippen molar-refractivity contribution in [3.05, 3.63) is 28.8 Å². The molecule has 0 aliphatic carbocycles. The summed E-state index contributed by atoms with van der Waals surface area (Å²) in [6, 6.07) is 1.37. The number of allylic oxidation sites excluding steroid dienone is 1. The quantitative estimate of drug-likeness (QED) is 0.388. The number of phenols is 2. The van der Waals surface area contributed by atoms with Gasteiger partial charge in [0.25, 0.3) is 0 Å². The lowest BCUT2D eigenvalue weighted by atomic mass is 10.0. The van der Waals surface area contributed by atoms with E-state index in [4.69, 9.17) is 0 Å². The van der Waals surface area contributed by atoms with Crippen molar-refractivity contribution in [3.8, 4) is 11.5 Å². The number of carbonyl (C=O) groups excluding carboxylic acids is 2. The summed E-state index contributed by atoms with van der Waals surface area (Å²) in [6.07, 6.45) is -3.95. The van der Waals surface area contributed by atoms with Crippen molar-refractivity contribution >= 4 is 17.6 Å². The molecule has 0 aliphatic rings. The monoisotopic (exact) mass is 288 g/mol. The van der Waals surface area contributed by atoms with Gasteiger partial charge in [0.2, 0.25) is 0 Å². The van der Waals surface area contributed by atoms with Crippen molar-refractivity contribution in [2.24, 2.45) is 0 Å². The fourth-order valence-corrected chi connectivity index (χ4v) is 1.56. The van der Waals surface area contributed by atoms with Crippen molar-refractivity contribution in [2.45, 2.75) is 20.0 Å². The third-order valence-corrected chi connectivity index (χ3v) is 2.49. The summed E-state index contributed by atoms with van der Waals surface area (Å²) in [5, 5.41) is 18.5. The molecule has 1 rings (SSSR count). The fraction of sp³-hybridized carbons (Fsp3) is 0.231. The standard InChI is InChI=1S/C13H11F3O4/c1-6(17)9(7(2)18)3-8-4-10(13(14,15)16)12(20)11(19)5-8/h3-5,19-20H,1-2H3. The zero-order valence-corrected chi connectivity index (χ0v) is 10.6. The first-order valence-corrected chi connectivity index (χ1v) is 5.40. The summed E-state index contributed by atoms with van der Waals surface area (Å²) >= 11 is 0. The zero-order valence-electron chi connectivity index (χ0n) is 10.6. The number of Topliss-reactive ketones (excluding diaryl/α,β-unsaturated/α-hetero) is 2. The Morgan fingerprint density at radius 1 is 1.10 bits per heavy atom. The van der Waals surface area contributed by atoms with Crippen molar-refractivity contribution in [1.82, 2.24) is 0 Å². The molecule has 0 unspecified atom stereocenters. The lowest BCUT2D eigenvalue weighted by Gasteiger charge is -2.11. The summed E-state index contributed by atoms with van der Waals surface area (Å²) in [4.78, 5) is 22.4. The Bertz CT molecular complexity index is 584. The molecule has 7 heteroatoms. The molecule has 4 nitrogen and oxygen atoms in total. The highest BCUT2D eigenvalue weighted by atomic mass is 19.4. The predicted molar refractivity (Wildman–Crippen MR) is 64.1 cm³/mol. The van der Waals surface area contributed by atoms with E-state index in [9.17, 15) is 33.0 Å². The third kappa shape index (κ3) is 3.37. The van der Waals surface area contributed by atoms with Crippen molar-refractivity contribution < 1.29 is 33.0 Å². The van der Waals surface area contributed by atoms with Gasteiger partial charge in [0.1, 0.15) is 5.56 Å². The van der Waals surface area contributed by atoms with Crippen LogP contribution in [-0.4, -0.2) is 21.8 Å². The Balaban J connectivity index is 3.49. The van der Waals surface area contributed by atoms with Gasteiger partial charge in [0, 0.05) is 0 Å². The van der Waals surface area contributed by atoms with Crippen LogP contribution in [0.5, 0.6) is 11.5 Å². The van der Waals surface area contributed by atoms with Gasteiger partial charge in [-0.15, -0.1) is 0 Å². The number of benzene rings is 1. The predicted octanol–water partition coefficient (Wildman–Crippen LogP) is 2.68. The molecule has 1 aromatic rings. The largest absolute Gasteiger partial charge is 0.504 e. The maximum absolute atomic E-state index is 12.6. The number of carbonyl (C=O) groups is 2. The van der Waals surface area contributed by atoms with Gasteiger partial charge in [-0.25, -0.2) is 0 Å². The smallest absolute Gasteiger partial charge is 0.420 e. The van der Waals surface area contributed by atoms with Gasteiger partial charge in [-0.1, -0.05) is 0 Å². The van der Waals surface area contributed by atoms with Gasteiger partial charge < -0.3 is 10.2 Å². The van der Waals surface area contributed by atoms with E-state index in [2.05, 4.69) is 0 Å². The van der Waals surface area contributed by atoms with Crippen LogP contribution in [0.15, 0.2) is 17.7 Å². The topological polar surface area (TPSA) is 74.6 Å². The molecule has 0 heterocycles. The lowest BCUT2D eigenvalue weighted by molar-refractivity contribution is -0.139. The first-order chi connectivity index (χ1) is 9.04. The maximum Gasteiger partial charge on any atom is 0.420 e. The molecule has 0 radical (unpaired) electrons. The number of ketones is 2. The van der Waals surface area contributed by atoms with Gasteiger partial charge in [0.15, 0.2) is 23.1 Å². The Morgan fingerprint density at radius 2 is 1.60 bits per heavy atom. The maximum atomic E-state index is 12.6. The van der Waals surface area contributed by atoms with Crippen LogP contribution in [0.4, 0.5) is 13.2 Å². The molecular formula is C13H11F3O4. The van der Waals surface area contributed by atoms with Crippen LogP contribution in [-0.2, 0) is 15.8 Å². The average molecular weight is 288 g/mol. The molecule has 0 spiro atoms. The molecule has 0 amide bonds. The molecule has 0 saturated carbocycles. The van der Waals surface area contributed by atoms with Crippen LogP contribution in [0, 0.1) is 0 Å². The van der Waals surface area contributed by atoms with Crippen LogP contribution < -0.4 is 0 Å². The van der Waals surface area contributed by atoms with Gasteiger partial charge in [-0.05, 0) is 37.6 Å². The molecule has 0 saturated heterocycles. The molecule has 108 valence electrons. The minimum absolute atomic E-state index is 0.215. The van der Waals surface area contributed by atoms with Gasteiger partial charge >= 0.3 is 6.18 Å². The number of halogens is 3. The number of rotatable bonds is 3. The first kappa shape index (κ1) is 15.7. The molecule has 0 aromatic heterocycles. The van der Waals surface area contributed by atoms with Crippen LogP contribution >= 0.6 is 0 Å². The van der Waals surface area contributed by atoms with E-state index in [-0.39, 0.29) is 11.1 Å². The molecular weight excluding hydrogens is 277 g/mol. The average Bonchev–Trinajstić information content (AvgIpc) is 2.27. The van der Waals surface area contributed by atoms with Crippen LogP contribution in [0.1, 0.15) is 25.0 Å². The Labute approximate surface area is 112 Å². The summed E-state index contributed by atoms with van der Waals surface area (Å²) in [5.41, 5.74) is -1.97. The Morgan fingerprint density at radius 3 is 2.00 bits per heavy atom. The van der Waals surface area contributed by atoms with E-state index in [1.54, 1.807) is 0 Å². The molecule has 0 aliphatic heterocycles. The molecule has 20 heavy (non-hydrogen) atoms. The normalized spacial score (nSPS) is 11.1. The summed E-state index contributed by atoms with van der Waals surface area (Å²) in [5.74, 6) is -3.52. The summed E-state index contributed by atoms with van der Waals surface area (Å²) in [7, 11) is 0. The number of hydrogen-bond acceptors (Lipinski definition) is 4. The minimum Gasteiger partial charge on any atom is -0.504 e. The Kier molecular flexibility index (Phi) is 4.22. The van der Waals surface area contributed by atoms with Gasteiger partial charge in [-0.3, -0.25) is 9.59 Å². The van der Waals surface area contributed by atoms with Crippen LogP contribution in [0.3, 0.4) is 0 Å². The second kappa shape index (κ2) is 5.36. The van der Waals surface area contributed by atoms with E-state index in [1.165, 1.54) is 0 Å². The molecule has 0 bridgehead atoms. The second-order valence-corrected chi connectivity index (χ2v) is 4.10. The highest BCUT2D eigenvalue weighted by Gasteiger charge is 2.35. The van der Waals surface area contributed by atoms with Gasteiger partial charge in [-0.2, -0.15) is 13.2 Å².